The molecule has 2 aliphatic rings. The Labute approximate surface area is 159 Å². The van der Waals surface area contributed by atoms with E-state index in [9.17, 15) is 4.79 Å². The highest BCUT2D eigenvalue weighted by atomic mass is 32.1. The van der Waals surface area contributed by atoms with Gasteiger partial charge in [0.15, 0.2) is 5.13 Å². The number of anilines is 1. The van der Waals surface area contributed by atoms with Gasteiger partial charge in [-0.15, -0.1) is 0 Å². The zero-order chi connectivity index (χ0) is 17.8. The topological polar surface area (TPSA) is 58.1 Å². The molecule has 6 heteroatoms. The van der Waals surface area contributed by atoms with E-state index in [0.717, 1.165) is 54.3 Å². The van der Waals surface area contributed by atoms with Crippen LogP contribution in [0.3, 0.4) is 0 Å². The molecule has 1 N–H and O–H groups in total. The fraction of sp³-hybridized carbons (Fsp3) is 0.650. The van der Waals surface area contributed by atoms with Crippen molar-refractivity contribution in [3.05, 3.63) is 18.3 Å². The molecule has 2 aromatic rings. The summed E-state index contributed by atoms with van der Waals surface area (Å²) >= 11 is 1.63. The van der Waals surface area contributed by atoms with Crippen molar-refractivity contribution in [2.45, 2.75) is 63.8 Å². The Bertz CT molecular complexity index is 705. The van der Waals surface area contributed by atoms with Crippen molar-refractivity contribution in [1.82, 2.24) is 15.3 Å². The van der Waals surface area contributed by atoms with Crippen molar-refractivity contribution in [2.24, 2.45) is 5.92 Å². The molecule has 3 heterocycles. The monoisotopic (exact) mass is 372 g/mol. The molecule has 2 aromatic heterocycles. The van der Waals surface area contributed by atoms with E-state index in [0.29, 0.717) is 6.04 Å². The molecule has 5 nitrogen and oxygen atoms in total. The molecule has 0 bridgehead atoms. The van der Waals surface area contributed by atoms with Gasteiger partial charge in [-0.25, -0.2) is 9.97 Å². The lowest BCUT2D eigenvalue weighted by Gasteiger charge is -2.33. The second kappa shape index (κ2) is 8.33. The molecule has 1 aliphatic carbocycles. The molecule has 0 radical (unpaired) electrons. The molecule has 1 atom stereocenters. The molecule has 1 saturated heterocycles. The first-order chi connectivity index (χ1) is 12.8. The second-order valence-electron chi connectivity index (χ2n) is 7.66. The summed E-state index contributed by atoms with van der Waals surface area (Å²) in [7, 11) is 0. The zero-order valence-electron chi connectivity index (χ0n) is 15.3. The maximum atomic E-state index is 12.8. The Morgan fingerprint density at radius 3 is 2.73 bits per heavy atom. The Morgan fingerprint density at radius 1 is 1.12 bits per heavy atom. The quantitative estimate of drug-likeness (QED) is 0.880. The van der Waals surface area contributed by atoms with Gasteiger partial charge in [0.1, 0.15) is 10.3 Å². The number of carbonyl (C=O) groups excluding carboxylic acids is 1. The number of fused-ring (bicyclic) bond motifs is 1. The third-order valence-electron chi connectivity index (χ3n) is 5.67. The van der Waals surface area contributed by atoms with Crippen LogP contribution in [-0.2, 0) is 4.79 Å². The number of rotatable bonds is 3. The summed E-state index contributed by atoms with van der Waals surface area (Å²) in [6.07, 6.45) is 12.6. The minimum absolute atomic E-state index is 0.0779. The number of pyridine rings is 1. The van der Waals surface area contributed by atoms with Crippen molar-refractivity contribution in [2.75, 3.05) is 18.0 Å². The number of piperidine rings is 1. The van der Waals surface area contributed by atoms with Crippen LogP contribution in [0.4, 0.5) is 5.13 Å². The van der Waals surface area contributed by atoms with Gasteiger partial charge in [-0.1, -0.05) is 43.4 Å². The number of nitrogens with zero attached hydrogens (tertiary/aromatic N) is 3. The van der Waals surface area contributed by atoms with Crippen molar-refractivity contribution < 1.29 is 4.79 Å². The minimum atomic E-state index is 0.0779. The van der Waals surface area contributed by atoms with Gasteiger partial charge in [0.05, 0.1) is 5.92 Å². The van der Waals surface area contributed by atoms with E-state index in [1.165, 1.54) is 32.1 Å². The van der Waals surface area contributed by atoms with Crippen LogP contribution in [0.25, 0.3) is 10.3 Å². The lowest BCUT2D eigenvalue weighted by molar-refractivity contribution is -0.126. The molecule has 1 aliphatic heterocycles. The number of amides is 1. The fourth-order valence-corrected chi connectivity index (χ4v) is 5.12. The first kappa shape index (κ1) is 17.7. The van der Waals surface area contributed by atoms with Gasteiger partial charge in [0.2, 0.25) is 5.91 Å². The summed E-state index contributed by atoms with van der Waals surface area (Å²) in [5.74, 6) is 0.327. The highest BCUT2D eigenvalue weighted by molar-refractivity contribution is 7.21. The van der Waals surface area contributed by atoms with Crippen LogP contribution < -0.4 is 10.2 Å². The fourth-order valence-electron chi connectivity index (χ4n) is 4.18. The highest BCUT2D eigenvalue weighted by Crippen LogP contribution is 2.30. The lowest BCUT2D eigenvalue weighted by Crippen LogP contribution is -2.46. The minimum Gasteiger partial charge on any atom is -0.353 e. The molecule has 2 fully saturated rings. The molecule has 0 unspecified atom stereocenters. The molecule has 140 valence electrons. The number of nitrogens with one attached hydrogen (secondary N) is 1. The molecule has 26 heavy (non-hydrogen) atoms. The van der Waals surface area contributed by atoms with Crippen LogP contribution in [0.2, 0.25) is 0 Å². The second-order valence-corrected chi connectivity index (χ2v) is 8.62. The van der Waals surface area contributed by atoms with E-state index in [4.69, 9.17) is 4.98 Å². The number of hydrogen-bond acceptors (Lipinski definition) is 5. The standard InChI is InChI=1S/C20H28N4OS/c25-18(22-16-9-4-2-1-3-5-10-16)15-8-7-13-24(14-15)20-23-17-11-6-12-21-19(17)26-20/h6,11-12,15-16H,1-5,7-10,13-14H2,(H,22,25)/t15-/m0/s1. The number of thiazole rings is 1. The summed E-state index contributed by atoms with van der Waals surface area (Å²) in [5, 5.41) is 4.36. The van der Waals surface area contributed by atoms with Crippen molar-refractivity contribution in [3.8, 4) is 0 Å². The average molecular weight is 373 g/mol. The van der Waals surface area contributed by atoms with Crippen LogP contribution in [0.15, 0.2) is 18.3 Å². The van der Waals surface area contributed by atoms with Crippen LogP contribution in [0.1, 0.15) is 57.8 Å². The van der Waals surface area contributed by atoms with Crippen molar-refractivity contribution in [1.29, 1.82) is 0 Å². The van der Waals surface area contributed by atoms with E-state index in [1.807, 2.05) is 18.3 Å². The third kappa shape index (κ3) is 4.17. The molecule has 1 saturated carbocycles. The van der Waals surface area contributed by atoms with Gasteiger partial charge in [-0.2, -0.15) is 0 Å². The van der Waals surface area contributed by atoms with Gasteiger partial charge in [-0.3, -0.25) is 4.79 Å². The zero-order valence-corrected chi connectivity index (χ0v) is 16.1. The van der Waals surface area contributed by atoms with Gasteiger partial charge in [-0.05, 0) is 37.8 Å². The van der Waals surface area contributed by atoms with E-state index >= 15 is 0 Å². The Morgan fingerprint density at radius 2 is 1.92 bits per heavy atom. The van der Waals surface area contributed by atoms with Gasteiger partial charge in [0.25, 0.3) is 0 Å². The summed E-state index contributed by atoms with van der Waals surface area (Å²) in [6, 6.07) is 4.31. The summed E-state index contributed by atoms with van der Waals surface area (Å²) in [5.41, 5.74) is 0.952. The third-order valence-corrected chi connectivity index (χ3v) is 6.71. The van der Waals surface area contributed by atoms with Gasteiger partial charge in [0, 0.05) is 25.3 Å². The van der Waals surface area contributed by atoms with Crippen LogP contribution in [-0.4, -0.2) is 35.0 Å². The van der Waals surface area contributed by atoms with Crippen LogP contribution in [0, 0.1) is 5.92 Å². The normalized spacial score (nSPS) is 22.8. The van der Waals surface area contributed by atoms with E-state index in [-0.39, 0.29) is 11.8 Å². The molecule has 0 aromatic carbocycles. The Balaban J connectivity index is 1.38. The molecular formula is C20H28N4OS. The predicted octanol–water partition coefficient (Wildman–Crippen LogP) is 4.14. The van der Waals surface area contributed by atoms with E-state index in [1.54, 1.807) is 11.3 Å². The molecular weight excluding hydrogens is 344 g/mol. The smallest absolute Gasteiger partial charge is 0.225 e. The van der Waals surface area contributed by atoms with Crippen LogP contribution in [0.5, 0.6) is 0 Å². The number of carbonyl (C=O) groups is 1. The molecule has 4 rings (SSSR count). The number of hydrogen-bond donors (Lipinski definition) is 1. The predicted molar refractivity (Wildman–Crippen MR) is 107 cm³/mol. The summed E-state index contributed by atoms with van der Waals surface area (Å²) in [6.45, 7) is 1.76. The molecule has 1 amide bonds. The van der Waals surface area contributed by atoms with E-state index < -0.39 is 0 Å². The van der Waals surface area contributed by atoms with E-state index in [2.05, 4.69) is 15.2 Å². The summed E-state index contributed by atoms with van der Waals surface area (Å²) in [4.78, 5) is 25.2. The molecule has 0 spiro atoms. The Hall–Kier alpha value is -1.69. The maximum Gasteiger partial charge on any atom is 0.225 e. The van der Waals surface area contributed by atoms with Gasteiger partial charge < -0.3 is 10.2 Å². The van der Waals surface area contributed by atoms with Gasteiger partial charge >= 0.3 is 0 Å². The highest BCUT2D eigenvalue weighted by Gasteiger charge is 2.28. The SMILES string of the molecule is O=C(NC1CCCCCCC1)[C@H]1CCCN(c2nc3cccnc3s2)C1. The lowest BCUT2D eigenvalue weighted by atomic mass is 9.94. The van der Waals surface area contributed by atoms with Crippen molar-refractivity contribution >= 4 is 32.7 Å². The average Bonchev–Trinajstić information content (AvgIpc) is 3.08. The first-order valence-corrected chi connectivity index (χ1v) is 10.9. The summed E-state index contributed by atoms with van der Waals surface area (Å²) < 4.78 is 0. The van der Waals surface area contributed by atoms with Crippen molar-refractivity contribution in [3.63, 3.8) is 0 Å². The van der Waals surface area contributed by atoms with Crippen LogP contribution >= 0.6 is 11.3 Å². The largest absolute Gasteiger partial charge is 0.353 e. The Kier molecular flexibility index (Phi) is 5.68. The number of aromatic nitrogens is 2. The first-order valence-electron chi connectivity index (χ1n) is 10.1. The maximum absolute atomic E-state index is 12.8.